The summed E-state index contributed by atoms with van der Waals surface area (Å²) in [4.78, 5) is 24.4. The summed E-state index contributed by atoms with van der Waals surface area (Å²) >= 11 is 0. The number of piperidine rings is 2. The Morgan fingerprint density at radius 2 is 1.24 bits per heavy atom. The van der Waals surface area contributed by atoms with Gasteiger partial charge in [-0.2, -0.15) is 0 Å². The van der Waals surface area contributed by atoms with E-state index in [1.54, 1.807) is 6.34 Å². The van der Waals surface area contributed by atoms with Gasteiger partial charge in [0.15, 0.2) is 0 Å². The Hall–Kier alpha value is -4.20. The van der Waals surface area contributed by atoms with E-state index in [0.717, 1.165) is 71.5 Å². The van der Waals surface area contributed by atoms with Crippen LogP contribution >= 0.6 is 0 Å². The summed E-state index contributed by atoms with van der Waals surface area (Å²) in [6.45, 7) is 15.1. The lowest BCUT2D eigenvalue weighted by molar-refractivity contribution is 0.578. The number of anilines is 4. The van der Waals surface area contributed by atoms with Crippen molar-refractivity contribution in [1.29, 1.82) is 0 Å². The molecule has 2 N–H and O–H groups in total. The summed E-state index contributed by atoms with van der Waals surface area (Å²) in [5.74, 6) is 1.41. The number of dihydropyridines is 1. The van der Waals surface area contributed by atoms with E-state index in [-0.39, 0.29) is 12.1 Å². The van der Waals surface area contributed by atoms with Gasteiger partial charge in [0, 0.05) is 78.6 Å². The first-order chi connectivity index (χ1) is 22.3. The topological polar surface area (TPSA) is 80.0 Å². The minimum Gasteiger partial charge on any atom is -0.382 e. The van der Waals surface area contributed by atoms with E-state index < -0.39 is 0 Å². The summed E-state index contributed by atoms with van der Waals surface area (Å²) in [7, 11) is 0. The van der Waals surface area contributed by atoms with Crippen molar-refractivity contribution in [2.75, 3.05) is 46.6 Å². The van der Waals surface area contributed by atoms with Gasteiger partial charge in [-0.25, -0.2) is 20.0 Å². The first-order valence-corrected chi connectivity index (χ1v) is 17.3. The molecule has 4 heterocycles. The minimum absolute atomic E-state index is 0.282. The van der Waals surface area contributed by atoms with Crippen LogP contribution in [-0.2, 0) is 0 Å². The Balaban J connectivity index is 1.41. The molecule has 0 spiro atoms. The second kappa shape index (κ2) is 14.5. The maximum absolute atomic E-state index is 5.06. The lowest BCUT2D eigenvalue weighted by Gasteiger charge is -2.30. The molecule has 0 aromatic heterocycles. The second-order valence-electron chi connectivity index (χ2n) is 13.5. The fraction of sp³-hybridized carbons (Fsp3) is 0.474. The molecule has 0 unspecified atom stereocenters. The predicted octanol–water partition coefficient (Wildman–Crippen LogP) is 8.33. The number of rotatable bonds is 8. The number of hydrogen-bond donors (Lipinski definition) is 2. The smallest absolute Gasteiger partial charge is 0.135 e. The predicted molar refractivity (Wildman–Crippen MR) is 199 cm³/mol. The van der Waals surface area contributed by atoms with Crippen LogP contribution in [0.3, 0.4) is 0 Å². The molecular formula is C38H50N8. The van der Waals surface area contributed by atoms with Gasteiger partial charge in [0.1, 0.15) is 18.0 Å². The van der Waals surface area contributed by atoms with Gasteiger partial charge in [-0.3, -0.25) is 0 Å². The lowest BCUT2D eigenvalue weighted by Crippen LogP contribution is -2.29. The molecule has 0 saturated carbocycles. The van der Waals surface area contributed by atoms with Gasteiger partial charge >= 0.3 is 0 Å². The van der Waals surface area contributed by atoms with Crippen molar-refractivity contribution < 1.29 is 0 Å². The number of benzene rings is 2. The molecule has 8 nitrogen and oxygen atoms in total. The van der Waals surface area contributed by atoms with Crippen LogP contribution in [0.25, 0.3) is 5.70 Å². The van der Waals surface area contributed by atoms with Crippen LogP contribution in [-0.4, -0.2) is 62.0 Å². The Morgan fingerprint density at radius 1 is 0.674 bits per heavy atom. The molecule has 0 radical (unpaired) electrons. The molecule has 0 atom stereocenters. The quantitative estimate of drug-likeness (QED) is 0.312. The fourth-order valence-electron chi connectivity index (χ4n) is 6.72. The van der Waals surface area contributed by atoms with Gasteiger partial charge in [-0.1, -0.05) is 0 Å². The zero-order chi connectivity index (χ0) is 32.0. The molecule has 46 heavy (non-hydrogen) atoms. The Kier molecular flexibility index (Phi) is 10.0. The van der Waals surface area contributed by atoms with Crippen molar-refractivity contribution in [3.05, 3.63) is 65.3 Å². The highest BCUT2D eigenvalue weighted by Gasteiger charge is 2.21. The molecule has 242 valence electrons. The Labute approximate surface area is 275 Å². The molecule has 2 aromatic carbocycles. The zero-order valence-corrected chi connectivity index (χ0v) is 28.3. The zero-order valence-electron chi connectivity index (χ0n) is 28.3. The van der Waals surface area contributed by atoms with Crippen molar-refractivity contribution >= 4 is 52.2 Å². The van der Waals surface area contributed by atoms with E-state index in [1.165, 1.54) is 49.9 Å². The van der Waals surface area contributed by atoms with Crippen molar-refractivity contribution in [3.8, 4) is 0 Å². The first kappa shape index (κ1) is 31.8. The third kappa shape index (κ3) is 7.77. The average Bonchev–Trinajstić information content (AvgIpc) is 3.04. The highest BCUT2D eigenvalue weighted by molar-refractivity contribution is 6.20. The number of amidine groups is 2. The summed E-state index contributed by atoms with van der Waals surface area (Å²) in [6.07, 6.45) is 14.3. The number of aliphatic imine (C=N–C) groups is 4. The second-order valence-corrected chi connectivity index (χ2v) is 13.5. The Bertz CT molecular complexity index is 1590. The van der Waals surface area contributed by atoms with Gasteiger partial charge < -0.3 is 20.4 Å². The molecule has 2 aromatic rings. The number of nitrogens with zero attached hydrogens (tertiary/aromatic N) is 6. The van der Waals surface area contributed by atoms with Crippen molar-refractivity contribution in [1.82, 2.24) is 0 Å². The number of hydrogen-bond acceptors (Lipinski definition) is 8. The Morgan fingerprint density at radius 3 is 1.83 bits per heavy atom. The van der Waals surface area contributed by atoms with Gasteiger partial charge in [0.25, 0.3) is 0 Å². The number of nitrogens with one attached hydrogen (secondary N) is 2. The van der Waals surface area contributed by atoms with E-state index in [4.69, 9.17) is 9.98 Å². The van der Waals surface area contributed by atoms with E-state index >= 15 is 0 Å². The number of fused-ring (bicyclic) bond motifs is 2. The minimum atomic E-state index is 0.282. The van der Waals surface area contributed by atoms with Crippen LogP contribution in [0.1, 0.15) is 90.7 Å². The van der Waals surface area contributed by atoms with Crippen LogP contribution in [0, 0.1) is 0 Å². The maximum atomic E-state index is 5.06. The van der Waals surface area contributed by atoms with Crippen molar-refractivity contribution in [2.45, 2.75) is 91.6 Å². The van der Waals surface area contributed by atoms with Crippen LogP contribution in [0.4, 0.5) is 22.7 Å². The summed E-state index contributed by atoms with van der Waals surface area (Å²) in [6, 6.07) is 14.1. The molecule has 4 aliphatic rings. The average molecular weight is 619 g/mol. The van der Waals surface area contributed by atoms with Gasteiger partial charge in [-0.15, -0.1) is 0 Å². The van der Waals surface area contributed by atoms with Crippen LogP contribution in [0.2, 0.25) is 0 Å². The van der Waals surface area contributed by atoms with Gasteiger partial charge in [0.05, 0.1) is 11.4 Å². The van der Waals surface area contributed by atoms with E-state index in [0.29, 0.717) is 12.3 Å². The third-order valence-corrected chi connectivity index (χ3v) is 8.88. The normalized spacial score (nSPS) is 20.0. The third-order valence-electron chi connectivity index (χ3n) is 8.88. The molecular weight excluding hydrogens is 568 g/mol. The maximum Gasteiger partial charge on any atom is 0.135 e. The van der Waals surface area contributed by atoms with E-state index in [9.17, 15) is 0 Å². The molecule has 6 rings (SSSR count). The molecule has 0 aliphatic carbocycles. The van der Waals surface area contributed by atoms with Crippen molar-refractivity contribution in [3.63, 3.8) is 0 Å². The molecule has 0 amide bonds. The summed E-state index contributed by atoms with van der Waals surface area (Å²) < 4.78 is 0. The first-order valence-electron chi connectivity index (χ1n) is 17.3. The summed E-state index contributed by atoms with van der Waals surface area (Å²) in [5.41, 5.74) is 9.80. The van der Waals surface area contributed by atoms with E-state index in [2.05, 4.69) is 107 Å². The van der Waals surface area contributed by atoms with Crippen LogP contribution in [0.15, 0.2) is 74.1 Å². The van der Waals surface area contributed by atoms with Gasteiger partial charge in [-0.05, 0) is 127 Å². The summed E-state index contributed by atoms with van der Waals surface area (Å²) in [5, 5.41) is 7.43. The largest absolute Gasteiger partial charge is 0.382 e. The highest BCUT2D eigenvalue weighted by Crippen LogP contribution is 2.34. The molecule has 8 heteroatoms. The molecule has 2 saturated heterocycles. The SMILES string of the molecule is CC1=N/C(c2ccc(N3CCCCC3)cc2NC(C)C)=C\C2=CC(c3ccc(N4CCCCC4)cc3NC(C)C)=NC(=NC=N1)C2. The lowest BCUT2D eigenvalue weighted by atomic mass is 9.97. The number of allylic oxidation sites excluding steroid dienone is 2. The highest BCUT2D eigenvalue weighted by atomic mass is 15.1. The molecule has 4 aliphatic heterocycles. The molecule has 2 bridgehead atoms. The van der Waals surface area contributed by atoms with E-state index in [1.807, 2.05) is 6.92 Å². The molecule has 2 fully saturated rings. The van der Waals surface area contributed by atoms with Crippen LogP contribution in [0.5, 0.6) is 0 Å². The van der Waals surface area contributed by atoms with Crippen LogP contribution < -0.4 is 20.4 Å². The fourth-order valence-corrected chi connectivity index (χ4v) is 6.72. The standard InChI is InChI=1S/C38H50N8/c1-26(2)41-36-23-30(45-16-8-6-9-17-45)12-14-32(36)34-20-29-21-35(44-38(22-29)40-25-39-28(5)43-34)33-15-13-31(24-37(33)42-27(3)4)46-18-10-7-11-19-46/h12-15,20-21,23-27,41-42H,6-11,16-19,22H2,1-5H3/b29-20?,34-20-,39-25?,39-28?,40-25?,40-38?,43-28?,43-34?. The monoisotopic (exact) mass is 618 g/mol. The van der Waals surface area contributed by atoms with Gasteiger partial charge in [0.2, 0.25) is 0 Å². The van der Waals surface area contributed by atoms with Crippen molar-refractivity contribution in [2.24, 2.45) is 20.0 Å².